The zero-order valence-electron chi connectivity index (χ0n) is 11.6. The van der Waals surface area contributed by atoms with Crippen LogP contribution in [0.1, 0.15) is 24.0 Å². The Bertz CT molecular complexity index is 533. The summed E-state index contributed by atoms with van der Waals surface area (Å²) < 4.78 is 0. The monoisotopic (exact) mass is 294 g/mol. The molecule has 0 fully saturated rings. The first kappa shape index (κ1) is 16.4. The van der Waals surface area contributed by atoms with E-state index >= 15 is 0 Å². The molecule has 3 amide bonds. The number of aryl methyl sites for hydroxylation is 1. The van der Waals surface area contributed by atoms with Crippen LogP contribution < -0.4 is 16.4 Å². The van der Waals surface area contributed by atoms with E-state index in [4.69, 9.17) is 10.8 Å². The van der Waals surface area contributed by atoms with Gasteiger partial charge in [0.1, 0.15) is 6.04 Å². The Hall–Kier alpha value is -2.64. The number of nitrogens with zero attached hydrogens (tertiary/aromatic N) is 1. The van der Waals surface area contributed by atoms with Gasteiger partial charge in [-0.3, -0.25) is 9.78 Å². The van der Waals surface area contributed by atoms with Crippen LogP contribution in [0.5, 0.6) is 0 Å². The summed E-state index contributed by atoms with van der Waals surface area (Å²) in [6, 6.07) is -0.0173. The number of carboxylic acid groups (broad SMARTS) is 1. The standard InChI is InChI=1S/C13H18N4O4/c1-8-6-15-5-4-9(8)7-16-13(21)17-10(12(19)20)2-3-11(14)18/h4-6,10H,2-3,7H2,1H3,(H2,14,18)(H,19,20)(H2,16,17,21). The van der Waals surface area contributed by atoms with Gasteiger partial charge in [-0.1, -0.05) is 0 Å². The van der Waals surface area contributed by atoms with E-state index in [1.165, 1.54) is 0 Å². The summed E-state index contributed by atoms with van der Waals surface area (Å²) in [7, 11) is 0. The second-order valence-electron chi connectivity index (χ2n) is 4.52. The molecule has 8 nitrogen and oxygen atoms in total. The number of amides is 3. The number of aliphatic carboxylic acids is 1. The number of rotatable bonds is 7. The molecule has 0 aromatic carbocycles. The van der Waals surface area contributed by atoms with Crippen molar-refractivity contribution < 1.29 is 19.5 Å². The summed E-state index contributed by atoms with van der Waals surface area (Å²) in [6.07, 6.45) is 3.11. The van der Waals surface area contributed by atoms with E-state index in [9.17, 15) is 14.4 Å². The van der Waals surface area contributed by atoms with Gasteiger partial charge < -0.3 is 21.5 Å². The van der Waals surface area contributed by atoms with E-state index < -0.39 is 23.9 Å². The molecule has 1 aromatic heterocycles. The van der Waals surface area contributed by atoms with Crippen molar-refractivity contribution in [2.24, 2.45) is 5.73 Å². The fourth-order valence-electron chi connectivity index (χ4n) is 1.63. The van der Waals surface area contributed by atoms with Gasteiger partial charge in [0.25, 0.3) is 0 Å². The Morgan fingerprint density at radius 3 is 2.71 bits per heavy atom. The van der Waals surface area contributed by atoms with Crippen LogP contribution in [0, 0.1) is 6.92 Å². The molecule has 1 heterocycles. The largest absolute Gasteiger partial charge is 0.480 e. The second kappa shape index (κ2) is 7.83. The Morgan fingerprint density at radius 1 is 1.43 bits per heavy atom. The van der Waals surface area contributed by atoms with Crippen LogP contribution in [0.2, 0.25) is 0 Å². The number of hydrogen-bond donors (Lipinski definition) is 4. The minimum absolute atomic E-state index is 0.0492. The quantitative estimate of drug-likeness (QED) is 0.557. The molecule has 0 aliphatic heterocycles. The van der Waals surface area contributed by atoms with Crippen molar-refractivity contribution in [3.63, 3.8) is 0 Å². The van der Waals surface area contributed by atoms with Crippen molar-refractivity contribution in [3.05, 3.63) is 29.6 Å². The molecule has 0 spiro atoms. The molecule has 114 valence electrons. The van der Waals surface area contributed by atoms with Crippen molar-refractivity contribution >= 4 is 17.9 Å². The highest BCUT2D eigenvalue weighted by molar-refractivity contribution is 5.83. The summed E-state index contributed by atoms with van der Waals surface area (Å²) in [5.74, 6) is -1.83. The van der Waals surface area contributed by atoms with Gasteiger partial charge >= 0.3 is 12.0 Å². The lowest BCUT2D eigenvalue weighted by Gasteiger charge is -2.15. The number of nitrogens with one attached hydrogen (secondary N) is 2. The Labute approximate surface area is 121 Å². The number of pyridine rings is 1. The smallest absolute Gasteiger partial charge is 0.326 e. The third-order valence-electron chi connectivity index (χ3n) is 2.86. The molecule has 1 aromatic rings. The van der Waals surface area contributed by atoms with E-state index in [1.807, 2.05) is 6.92 Å². The Morgan fingerprint density at radius 2 is 2.14 bits per heavy atom. The average molecular weight is 294 g/mol. The summed E-state index contributed by atoms with van der Waals surface area (Å²) >= 11 is 0. The van der Waals surface area contributed by atoms with Crippen LogP contribution in [-0.2, 0) is 16.1 Å². The average Bonchev–Trinajstić information content (AvgIpc) is 2.42. The van der Waals surface area contributed by atoms with E-state index in [-0.39, 0.29) is 19.4 Å². The van der Waals surface area contributed by atoms with Crippen LogP contribution in [0.25, 0.3) is 0 Å². The number of aromatic nitrogens is 1. The number of carbonyl (C=O) groups is 3. The van der Waals surface area contributed by atoms with E-state index in [0.29, 0.717) is 0 Å². The van der Waals surface area contributed by atoms with Gasteiger partial charge in [0, 0.05) is 25.4 Å². The minimum atomic E-state index is -1.22. The summed E-state index contributed by atoms with van der Waals surface area (Å²) in [4.78, 5) is 37.2. The summed E-state index contributed by atoms with van der Waals surface area (Å²) in [5.41, 5.74) is 6.75. The maximum atomic E-state index is 11.7. The van der Waals surface area contributed by atoms with Crippen LogP contribution in [0.3, 0.4) is 0 Å². The molecule has 21 heavy (non-hydrogen) atoms. The van der Waals surface area contributed by atoms with Gasteiger partial charge in [0.2, 0.25) is 5.91 Å². The van der Waals surface area contributed by atoms with Gasteiger partial charge in [0.05, 0.1) is 0 Å². The molecule has 1 atom stereocenters. The predicted octanol–water partition coefficient (Wildman–Crippen LogP) is -0.0921. The highest BCUT2D eigenvalue weighted by Crippen LogP contribution is 2.04. The highest BCUT2D eigenvalue weighted by Gasteiger charge is 2.20. The highest BCUT2D eigenvalue weighted by atomic mass is 16.4. The van der Waals surface area contributed by atoms with Crippen LogP contribution in [0.4, 0.5) is 4.79 Å². The lowest BCUT2D eigenvalue weighted by Crippen LogP contribution is -2.46. The number of carbonyl (C=O) groups excluding carboxylic acids is 2. The van der Waals surface area contributed by atoms with Crippen LogP contribution in [0.15, 0.2) is 18.5 Å². The van der Waals surface area contributed by atoms with E-state index in [0.717, 1.165) is 11.1 Å². The van der Waals surface area contributed by atoms with Crippen LogP contribution in [-0.4, -0.2) is 34.0 Å². The molecule has 0 aliphatic carbocycles. The first-order valence-electron chi connectivity index (χ1n) is 6.35. The fourth-order valence-corrected chi connectivity index (χ4v) is 1.63. The molecule has 0 radical (unpaired) electrons. The first-order valence-corrected chi connectivity index (χ1v) is 6.35. The van der Waals surface area contributed by atoms with Gasteiger partial charge in [-0.25, -0.2) is 9.59 Å². The number of carboxylic acids is 1. The third-order valence-corrected chi connectivity index (χ3v) is 2.86. The van der Waals surface area contributed by atoms with Gasteiger partial charge in [-0.2, -0.15) is 0 Å². The molecule has 8 heteroatoms. The predicted molar refractivity (Wildman–Crippen MR) is 74.2 cm³/mol. The molecule has 5 N–H and O–H groups in total. The first-order chi connectivity index (χ1) is 9.90. The van der Waals surface area contributed by atoms with Crippen molar-refractivity contribution in [2.75, 3.05) is 0 Å². The molecular weight excluding hydrogens is 276 g/mol. The van der Waals surface area contributed by atoms with Gasteiger partial charge in [0.15, 0.2) is 0 Å². The Balaban J connectivity index is 2.49. The third kappa shape index (κ3) is 5.89. The lowest BCUT2D eigenvalue weighted by molar-refractivity contribution is -0.139. The SMILES string of the molecule is Cc1cnccc1CNC(=O)NC(CCC(N)=O)C(=O)O. The maximum Gasteiger partial charge on any atom is 0.326 e. The molecular formula is C13H18N4O4. The number of primary amides is 1. The van der Waals surface area contributed by atoms with Crippen molar-refractivity contribution in [1.82, 2.24) is 15.6 Å². The van der Waals surface area contributed by atoms with Crippen molar-refractivity contribution in [2.45, 2.75) is 32.4 Å². The zero-order chi connectivity index (χ0) is 15.8. The molecule has 0 saturated heterocycles. The number of hydrogen-bond acceptors (Lipinski definition) is 4. The Kier molecular flexibility index (Phi) is 6.12. The molecule has 1 unspecified atom stereocenters. The molecule has 0 aliphatic rings. The fraction of sp³-hybridized carbons (Fsp3) is 0.385. The van der Waals surface area contributed by atoms with Gasteiger partial charge in [-0.15, -0.1) is 0 Å². The topological polar surface area (TPSA) is 134 Å². The van der Waals surface area contributed by atoms with Crippen molar-refractivity contribution in [3.8, 4) is 0 Å². The zero-order valence-corrected chi connectivity index (χ0v) is 11.6. The van der Waals surface area contributed by atoms with E-state index in [2.05, 4.69) is 15.6 Å². The molecule has 0 bridgehead atoms. The second-order valence-corrected chi connectivity index (χ2v) is 4.52. The van der Waals surface area contributed by atoms with Crippen LogP contribution >= 0.6 is 0 Å². The van der Waals surface area contributed by atoms with Crippen molar-refractivity contribution in [1.29, 1.82) is 0 Å². The maximum absolute atomic E-state index is 11.7. The minimum Gasteiger partial charge on any atom is -0.480 e. The summed E-state index contributed by atoms with van der Waals surface area (Å²) in [5, 5.41) is 13.8. The molecule has 0 saturated carbocycles. The summed E-state index contributed by atoms with van der Waals surface area (Å²) in [6.45, 7) is 2.11. The lowest BCUT2D eigenvalue weighted by atomic mass is 10.1. The molecule has 1 rings (SSSR count). The number of urea groups is 1. The number of nitrogens with two attached hydrogens (primary N) is 1. The normalized spacial score (nSPS) is 11.5. The van der Waals surface area contributed by atoms with Gasteiger partial charge in [-0.05, 0) is 30.5 Å². The van der Waals surface area contributed by atoms with E-state index in [1.54, 1.807) is 18.5 Å².